The third-order valence-corrected chi connectivity index (χ3v) is 12.7. The van der Waals surface area contributed by atoms with Crippen molar-refractivity contribution in [3.8, 4) is 39.1 Å². The Morgan fingerprint density at radius 1 is 0.293 bits per heavy atom. The Morgan fingerprint density at radius 2 is 0.845 bits per heavy atom. The van der Waals surface area contributed by atoms with Crippen molar-refractivity contribution in [1.82, 2.24) is 4.57 Å². The van der Waals surface area contributed by atoms with Crippen molar-refractivity contribution in [2.24, 2.45) is 0 Å². The summed E-state index contributed by atoms with van der Waals surface area (Å²) >= 11 is 0. The van der Waals surface area contributed by atoms with Gasteiger partial charge in [0.25, 0.3) is 0 Å². The third kappa shape index (κ3) is 4.71. The van der Waals surface area contributed by atoms with Gasteiger partial charge in [0.05, 0.1) is 16.4 Å². The van der Waals surface area contributed by atoms with Crippen LogP contribution in [0.25, 0.3) is 82.4 Å². The Labute approximate surface area is 337 Å². The van der Waals surface area contributed by atoms with Crippen LogP contribution in [-0.2, 0) is 5.41 Å². The first-order chi connectivity index (χ1) is 28.8. The largest absolute Gasteiger partial charge is 0.309 e. The van der Waals surface area contributed by atoms with Gasteiger partial charge in [-0.1, -0.05) is 182 Å². The fourth-order valence-electron chi connectivity index (χ4n) is 10.1. The van der Waals surface area contributed by atoms with E-state index in [0.717, 1.165) is 5.69 Å². The van der Waals surface area contributed by atoms with Crippen molar-refractivity contribution in [1.29, 1.82) is 0 Å². The molecule has 0 saturated heterocycles. The molecule has 1 aromatic heterocycles. The van der Waals surface area contributed by atoms with Crippen LogP contribution in [0.4, 0.5) is 0 Å². The van der Waals surface area contributed by atoms with E-state index in [4.69, 9.17) is 0 Å². The molecule has 270 valence electrons. The lowest BCUT2D eigenvalue weighted by molar-refractivity contribution is 0.770. The van der Waals surface area contributed by atoms with E-state index >= 15 is 0 Å². The number of aromatic nitrogens is 1. The fourth-order valence-corrected chi connectivity index (χ4v) is 10.1. The summed E-state index contributed by atoms with van der Waals surface area (Å²) in [6, 6.07) is 83.2. The number of para-hydroxylation sites is 1. The summed E-state index contributed by atoms with van der Waals surface area (Å²) in [6.45, 7) is 0. The van der Waals surface area contributed by atoms with Gasteiger partial charge >= 0.3 is 0 Å². The average Bonchev–Trinajstić information content (AvgIpc) is 3.78. The molecule has 0 atom stereocenters. The molecule has 1 aliphatic carbocycles. The summed E-state index contributed by atoms with van der Waals surface area (Å²) in [7, 11) is 0. The normalized spacial score (nSPS) is 13.0. The number of nitrogens with zero attached hydrogens (tertiary/aromatic N) is 1. The predicted octanol–water partition coefficient (Wildman–Crippen LogP) is 14.8. The van der Waals surface area contributed by atoms with Crippen LogP contribution in [0.2, 0.25) is 0 Å². The van der Waals surface area contributed by atoms with Gasteiger partial charge in [-0.05, 0) is 120 Å². The minimum atomic E-state index is -0.551. The highest BCUT2D eigenvalue weighted by molar-refractivity contribution is 6.15. The molecule has 58 heavy (non-hydrogen) atoms. The van der Waals surface area contributed by atoms with Gasteiger partial charge < -0.3 is 4.57 Å². The molecule has 0 N–H and O–H groups in total. The Kier molecular flexibility index (Phi) is 7.21. The zero-order valence-electron chi connectivity index (χ0n) is 31.8. The molecular formula is C57H37N. The van der Waals surface area contributed by atoms with Crippen molar-refractivity contribution in [2.45, 2.75) is 5.41 Å². The second-order valence-corrected chi connectivity index (χ2v) is 15.6. The van der Waals surface area contributed by atoms with Gasteiger partial charge in [0.2, 0.25) is 0 Å². The zero-order valence-corrected chi connectivity index (χ0v) is 31.8. The molecule has 11 aromatic rings. The van der Waals surface area contributed by atoms with Crippen LogP contribution in [0.5, 0.6) is 0 Å². The van der Waals surface area contributed by atoms with Crippen LogP contribution < -0.4 is 0 Å². The highest BCUT2D eigenvalue weighted by atomic mass is 15.0. The first-order valence-corrected chi connectivity index (χ1v) is 20.2. The maximum absolute atomic E-state index is 2.52. The number of fused-ring (bicyclic) bond motifs is 9. The molecule has 1 heterocycles. The standard InChI is InChI=1S/C57H37N/c1-4-16-38(17-5-1)39-28-31-44(32-29-39)58-55-27-15-14-26-49(55)52-36-54-51(37-56(52)58)48-33-30-41(50-34-40-18-10-11-23-45(40)46-24-12-13-25-47(46)50)35-53(48)57(54,42-19-6-2-7-20-42)43-21-8-3-9-22-43/h1-37H. The lowest BCUT2D eigenvalue weighted by atomic mass is 9.67. The van der Waals surface area contributed by atoms with E-state index in [1.165, 1.54) is 99.0 Å². The molecule has 1 heteroatoms. The van der Waals surface area contributed by atoms with Gasteiger partial charge in [-0.2, -0.15) is 0 Å². The van der Waals surface area contributed by atoms with E-state index in [1.54, 1.807) is 0 Å². The molecular weight excluding hydrogens is 699 g/mol. The molecule has 0 amide bonds. The second-order valence-electron chi connectivity index (χ2n) is 15.6. The van der Waals surface area contributed by atoms with Gasteiger partial charge in [0, 0.05) is 16.5 Å². The lowest BCUT2D eigenvalue weighted by Crippen LogP contribution is -2.28. The molecule has 0 fully saturated rings. The van der Waals surface area contributed by atoms with Crippen molar-refractivity contribution in [3.05, 3.63) is 247 Å². The molecule has 10 aromatic carbocycles. The predicted molar refractivity (Wildman–Crippen MR) is 244 cm³/mol. The van der Waals surface area contributed by atoms with E-state index in [9.17, 15) is 0 Å². The minimum absolute atomic E-state index is 0.551. The van der Waals surface area contributed by atoms with Crippen molar-refractivity contribution < 1.29 is 0 Å². The Hall–Kier alpha value is -7.48. The monoisotopic (exact) mass is 735 g/mol. The summed E-state index contributed by atoms with van der Waals surface area (Å²) in [5.41, 5.74) is 15.6. The molecule has 1 nitrogen and oxygen atoms in total. The third-order valence-electron chi connectivity index (χ3n) is 12.7. The Balaban J connectivity index is 1.16. The van der Waals surface area contributed by atoms with E-state index in [-0.39, 0.29) is 0 Å². The molecule has 1 aliphatic rings. The minimum Gasteiger partial charge on any atom is -0.309 e. The summed E-state index contributed by atoms with van der Waals surface area (Å²) in [4.78, 5) is 0. The molecule has 0 bridgehead atoms. The summed E-state index contributed by atoms with van der Waals surface area (Å²) in [5, 5.41) is 7.60. The van der Waals surface area contributed by atoms with E-state index in [1.807, 2.05) is 0 Å². The topological polar surface area (TPSA) is 4.93 Å². The van der Waals surface area contributed by atoms with Gasteiger partial charge in [0.1, 0.15) is 0 Å². The van der Waals surface area contributed by atoms with Crippen molar-refractivity contribution in [2.75, 3.05) is 0 Å². The number of hydrogen-bond donors (Lipinski definition) is 0. The van der Waals surface area contributed by atoms with Crippen LogP contribution in [0.3, 0.4) is 0 Å². The average molecular weight is 736 g/mol. The zero-order chi connectivity index (χ0) is 38.2. The fraction of sp³-hybridized carbons (Fsp3) is 0.0175. The van der Waals surface area contributed by atoms with Crippen LogP contribution in [0.15, 0.2) is 224 Å². The second kappa shape index (κ2) is 12.8. The molecule has 0 aliphatic heterocycles. The molecule has 0 saturated carbocycles. The molecule has 0 spiro atoms. The molecule has 0 unspecified atom stereocenters. The quantitative estimate of drug-likeness (QED) is 0.155. The van der Waals surface area contributed by atoms with Crippen LogP contribution >= 0.6 is 0 Å². The van der Waals surface area contributed by atoms with Gasteiger partial charge in [-0.15, -0.1) is 0 Å². The first-order valence-electron chi connectivity index (χ1n) is 20.2. The lowest BCUT2D eigenvalue weighted by Gasteiger charge is -2.34. The van der Waals surface area contributed by atoms with Crippen LogP contribution in [0.1, 0.15) is 22.3 Å². The van der Waals surface area contributed by atoms with Gasteiger partial charge in [-0.25, -0.2) is 0 Å². The number of benzene rings is 10. The maximum Gasteiger partial charge on any atom is 0.0714 e. The number of rotatable bonds is 5. The SMILES string of the molecule is c1ccc(-c2ccc(-n3c4ccccc4c4cc5c(cc43)-c3ccc(-c4cc6ccccc6c6ccccc46)cc3C5(c3ccccc3)c3ccccc3)cc2)cc1. The number of hydrogen-bond acceptors (Lipinski definition) is 0. The first kappa shape index (κ1) is 32.7. The van der Waals surface area contributed by atoms with E-state index < -0.39 is 5.41 Å². The van der Waals surface area contributed by atoms with Gasteiger partial charge in [0.15, 0.2) is 0 Å². The van der Waals surface area contributed by atoms with Crippen LogP contribution in [0, 0.1) is 0 Å². The van der Waals surface area contributed by atoms with E-state index in [2.05, 4.69) is 229 Å². The highest BCUT2D eigenvalue weighted by Gasteiger charge is 2.46. The van der Waals surface area contributed by atoms with Gasteiger partial charge in [-0.3, -0.25) is 0 Å². The van der Waals surface area contributed by atoms with Crippen molar-refractivity contribution >= 4 is 43.4 Å². The van der Waals surface area contributed by atoms with Crippen LogP contribution in [-0.4, -0.2) is 4.57 Å². The molecule has 12 rings (SSSR count). The highest BCUT2D eigenvalue weighted by Crippen LogP contribution is 2.58. The Morgan fingerprint density at radius 3 is 1.57 bits per heavy atom. The Bertz CT molecular complexity index is 3320. The smallest absolute Gasteiger partial charge is 0.0714 e. The summed E-state index contributed by atoms with van der Waals surface area (Å²) < 4.78 is 2.46. The maximum atomic E-state index is 2.52. The van der Waals surface area contributed by atoms with Crippen molar-refractivity contribution in [3.63, 3.8) is 0 Å². The molecule has 0 radical (unpaired) electrons. The van der Waals surface area contributed by atoms with E-state index in [0.29, 0.717) is 0 Å². The summed E-state index contributed by atoms with van der Waals surface area (Å²) in [5.74, 6) is 0. The summed E-state index contributed by atoms with van der Waals surface area (Å²) in [6.07, 6.45) is 0.